The van der Waals surface area contributed by atoms with Crippen LogP contribution < -0.4 is 14.4 Å². The van der Waals surface area contributed by atoms with Gasteiger partial charge in [0.1, 0.15) is 11.9 Å². The lowest BCUT2D eigenvalue weighted by molar-refractivity contribution is -0.164. The Morgan fingerprint density at radius 3 is 2.31 bits per heavy atom. The average Bonchev–Trinajstić information content (AvgIpc) is 3.10. The van der Waals surface area contributed by atoms with Crippen molar-refractivity contribution in [2.24, 2.45) is 0 Å². The minimum atomic E-state index is -3.83. The molecule has 0 amide bonds. The molecule has 2 N–H and O–H groups in total. The third-order valence-corrected chi connectivity index (χ3v) is 8.70. The van der Waals surface area contributed by atoms with Crippen LogP contribution in [0, 0.1) is 0 Å². The first kappa shape index (κ1) is 32.1. The molecule has 1 aromatic heterocycles. The molecule has 12 nitrogen and oxygen atoms in total. The van der Waals surface area contributed by atoms with Crippen LogP contribution in [0.15, 0.2) is 24.4 Å². The highest BCUT2D eigenvalue weighted by Gasteiger charge is 2.59. The van der Waals surface area contributed by atoms with Crippen molar-refractivity contribution >= 4 is 21.7 Å². The summed E-state index contributed by atoms with van der Waals surface area (Å²) in [7, 11) is -1.03. The molecule has 2 unspecified atom stereocenters. The van der Waals surface area contributed by atoms with Crippen LogP contribution in [0.5, 0.6) is 11.6 Å². The predicted octanol–water partition coefficient (Wildman–Crippen LogP) is 2.95. The fourth-order valence-corrected chi connectivity index (χ4v) is 6.37. The molecule has 0 radical (unpaired) electrons. The summed E-state index contributed by atoms with van der Waals surface area (Å²) in [5, 5.41) is 10.4. The smallest absolute Gasteiger partial charge is 0.359 e. The SMILES string of the molecule is COC1(C(=O)O)C(NS(C)(=O)=O)c2cc(C(C)(C)C)cc(Oc3ccnc(CN4CCN(C(C)(C)C)CC4)n3)c2N1C. The molecule has 1 aromatic carbocycles. The van der Waals surface area contributed by atoms with Gasteiger partial charge < -0.3 is 19.5 Å². The second-order valence-electron chi connectivity index (χ2n) is 13.1. The minimum absolute atomic E-state index is 0.127. The number of aliphatic carboxylic acids is 1. The number of aromatic nitrogens is 2. The minimum Gasteiger partial charge on any atom is -0.478 e. The fraction of sp³-hybridized carbons (Fsp3) is 0.621. The molecule has 0 saturated carbocycles. The number of nitrogens with zero attached hydrogens (tertiary/aromatic N) is 5. The van der Waals surface area contributed by atoms with Crippen LogP contribution in [0.2, 0.25) is 0 Å². The number of hydrogen-bond acceptors (Lipinski definition) is 10. The highest BCUT2D eigenvalue weighted by molar-refractivity contribution is 7.88. The van der Waals surface area contributed by atoms with Gasteiger partial charge in [-0.3, -0.25) is 9.80 Å². The zero-order chi connectivity index (χ0) is 31.3. The first-order valence-electron chi connectivity index (χ1n) is 14.0. The first-order valence-corrected chi connectivity index (χ1v) is 15.9. The van der Waals surface area contributed by atoms with Crippen molar-refractivity contribution in [3.05, 3.63) is 41.3 Å². The van der Waals surface area contributed by atoms with Crippen molar-refractivity contribution in [1.82, 2.24) is 24.5 Å². The third-order valence-electron chi connectivity index (χ3n) is 8.04. The van der Waals surface area contributed by atoms with Gasteiger partial charge in [0.05, 0.1) is 18.5 Å². The summed E-state index contributed by atoms with van der Waals surface area (Å²) in [5.74, 6) is -0.0947. The zero-order valence-corrected chi connectivity index (χ0v) is 26.9. The largest absolute Gasteiger partial charge is 0.478 e. The van der Waals surface area contributed by atoms with Gasteiger partial charge in [0.2, 0.25) is 15.9 Å². The predicted molar refractivity (Wildman–Crippen MR) is 160 cm³/mol. The molecule has 1 saturated heterocycles. The summed E-state index contributed by atoms with van der Waals surface area (Å²) in [6.45, 7) is 17.0. The molecule has 0 spiro atoms. The van der Waals surface area contributed by atoms with E-state index in [2.05, 4.69) is 45.3 Å². The van der Waals surface area contributed by atoms with Crippen molar-refractivity contribution in [2.75, 3.05) is 51.5 Å². The summed E-state index contributed by atoms with van der Waals surface area (Å²) >= 11 is 0. The molecule has 42 heavy (non-hydrogen) atoms. The first-order chi connectivity index (χ1) is 19.4. The number of methoxy groups -OCH3 is 1. The van der Waals surface area contributed by atoms with Crippen molar-refractivity contribution in [3.8, 4) is 11.6 Å². The Hall–Kier alpha value is -2.84. The van der Waals surface area contributed by atoms with E-state index in [-0.39, 0.29) is 11.0 Å². The zero-order valence-electron chi connectivity index (χ0n) is 26.1. The highest BCUT2D eigenvalue weighted by Crippen LogP contribution is 2.53. The van der Waals surface area contributed by atoms with Crippen LogP contribution in [0.1, 0.15) is 64.5 Å². The molecule has 2 aliphatic heterocycles. The number of fused-ring (bicyclic) bond motifs is 1. The van der Waals surface area contributed by atoms with E-state index in [9.17, 15) is 18.3 Å². The number of benzene rings is 1. The molecular weight excluding hydrogens is 560 g/mol. The summed E-state index contributed by atoms with van der Waals surface area (Å²) in [6.07, 6.45) is 2.63. The molecule has 13 heteroatoms. The van der Waals surface area contributed by atoms with Crippen LogP contribution in [-0.2, 0) is 31.5 Å². The van der Waals surface area contributed by atoms with Gasteiger partial charge in [0, 0.05) is 63.7 Å². The summed E-state index contributed by atoms with van der Waals surface area (Å²) in [6, 6.07) is 4.06. The second kappa shape index (κ2) is 11.3. The van der Waals surface area contributed by atoms with Gasteiger partial charge in [-0.05, 0) is 37.8 Å². The van der Waals surface area contributed by atoms with Crippen molar-refractivity contribution in [1.29, 1.82) is 0 Å². The van der Waals surface area contributed by atoms with Gasteiger partial charge in [0.25, 0.3) is 5.72 Å². The second-order valence-corrected chi connectivity index (χ2v) is 14.9. The van der Waals surface area contributed by atoms with Gasteiger partial charge in [-0.25, -0.2) is 22.9 Å². The molecular formula is C29H44N6O6S. The number of carboxylic acids is 1. The van der Waals surface area contributed by atoms with Crippen LogP contribution in [-0.4, -0.2) is 97.1 Å². The molecule has 232 valence electrons. The maximum atomic E-state index is 12.7. The Morgan fingerprint density at radius 2 is 1.79 bits per heavy atom. The summed E-state index contributed by atoms with van der Waals surface area (Å²) in [5.41, 5.74) is -0.635. The van der Waals surface area contributed by atoms with E-state index in [4.69, 9.17) is 9.47 Å². The standard InChI is InChI=1S/C29H44N6O6S/c1-27(2,3)19-16-20-24(33(7)29(40-8,26(36)37)25(20)32-42(9,38)39)21(17-19)41-23-10-11-30-22(31-23)18-34-12-14-35(15-13-34)28(4,5)6/h10-11,16-17,25,32H,12-15,18H2,1-9H3,(H,36,37). The maximum Gasteiger partial charge on any atom is 0.359 e. The number of rotatable bonds is 8. The number of anilines is 1. The normalized spacial score (nSPS) is 22.3. The number of nitrogens with one attached hydrogen (secondary N) is 1. The molecule has 4 rings (SSSR count). The maximum absolute atomic E-state index is 12.7. The van der Waals surface area contributed by atoms with E-state index in [1.165, 1.54) is 12.0 Å². The van der Waals surface area contributed by atoms with Crippen LogP contribution in [0.25, 0.3) is 0 Å². The van der Waals surface area contributed by atoms with E-state index in [1.54, 1.807) is 19.3 Å². The van der Waals surface area contributed by atoms with Crippen LogP contribution >= 0.6 is 0 Å². The lowest BCUT2D eigenvalue weighted by atomic mass is 9.84. The topological polar surface area (TPSA) is 137 Å². The van der Waals surface area contributed by atoms with Crippen molar-refractivity contribution < 1.29 is 27.8 Å². The van der Waals surface area contributed by atoms with Crippen LogP contribution in [0.3, 0.4) is 0 Å². The Bertz CT molecular complexity index is 1430. The Morgan fingerprint density at radius 1 is 1.14 bits per heavy atom. The summed E-state index contributed by atoms with van der Waals surface area (Å²) in [4.78, 5) is 28.1. The number of ether oxygens (including phenoxy) is 2. The van der Waals surface area contributed by atoms with Gasteiger partial charge in [-0.2, -0.15) is 4.98 Å². The third kappa shape index (κ3) is 6.40. The molecule has 2 aliphatic rings. The van der Waals surface area contributed by atoms with E-state index < -0.39 is 27.8 Å². The summed E-state index contributed by atoms with van der Waals surface area (Å²) < 4.78 is 39.3. The van der Waals surface area contributed by atoms with E-state index in [1.807, 2.05) is 32.9 Å². The number of piperazine rings is 1. The van der Waals surface area contributed by atoms with Gasteiger partial charge in [0.15, 0.2) is 5.75 Å². The molecule has 2 aromatic rings. The molecule has 3 heterocycles. The molecule has 0 bridgehead atoms. The molecule has 0 aliphatic carbocycles. The Balaban J connectivity index is 1.71. The number of sulfonamides is 1. The quantitative estimate of drug-likeness (QED) is 0.460. The fourth-order valence-electron chi connectivity index (χ4n) is 5.66. The van der Waals surface area contributed by atoms with Gasteiger partial charge in [-0.1, -0.05) is 26.8 Å². The van der Waals surface area contributed by atoms with Crippen molar-refractivity contribution in [2.45, 2.75) is 70.8 Å². The number of hydrogen-bond donors (Lipinski definition) is 2. The average molecular weight is 605 g/mol. The van der Waals surface area contributed by atoms with Crippen molar-refractivity contribution in [3.63, 3.8) is 0 Å². The highest BCUT2D eigenvalue weighted by atomic mass is 32.2. The Labute approximate surface area is 249 Å². The molecule has 1 fully saturated rings. The van der Waals surface area contributed by atoms with E-state index in [0.29, 0.717) is 35.2 Å². The monoisotopic (exact) mass is 604 g/mol. The van der Waals surface area contributed by atoms with Gasteiger partial charge in [-0.15, -0.1) is 0 Å². The number of carboxylic acid groups (broad SMARTS) is 1. The lowest BCUT2D eigenvalue weighted by Crippen LogP contribution is -2.59. The number of likely N-dealkylation sites (N-methyl/N-ethyl adjacent to an activating group) is 1. The van der Waals surface area contributed by atoms with E-state index in [0.717, 1.165) is 38.0 Å². The Kier molecular flexibility index (Phi) is 8.66. The molecule has 2 atom stereocenters. The van der Waals surface area contributed by atoms with Gasteiger partial charge >= 0.3 is 5.97 Å². The number of carbonyl (C=O) groups is 1. The van der Waals surface area contributed by atoms with E-state index >= 15 is 0 Å². The lowest BCUT2D eigenvalue weighted by Gasteiger charge is -2.42. The van der Waals surface area contributed by atoms with Crippen LogP contribution in [0.4, 0.5) is 5.69 Å².